The maximum atomic E-state index is 13.3. The van der Waals surface area contributed by atoms with Gasteiger partial charge in [-0.05, 0) is 18.2 Å². The summed E-state index contributed by atoms with van der Waals surface area (Å²) in [6.07, 6.45) is 0. The Labute approximate surface area is 123 Å². The van der Waals surface area contributed by atoms with E-state index in [1.54, 1.807) is 0 Å². The third-order valence-electron chi connectivity index (χ3n) is 2.63. The summed E-state index contributed by atoms with van der Waals surface area (Å²) >= 11 is 0. The second kappa shape index (κ2) is 6.61. The van der Waals surface area contributed by atoms with Gasteiger partial charge in [-0.3, -0.25) is 14.9 Å². The maximum Gasteiger partial charge on any atom is 0.273 e. The van der Waals surface area contributed by atoms with Crippen LogP contribution in [0.3, 0.4) is 0 Å². The number of nitrogens with one attached hydrogen (secondary N) is 1. The van der Waals surface area contributed by atoms with Crippen molar-refractivity contribution in [2.75, 3.05) is 11.9 Å². The predicted octanol–water partition coefficient (Wildman–Crippen LogP) is 2.89. The van der Waals surface area contributed by atoms with Crippen molar-refractivity contribution in [2.45, 2.75) is 0 Å². The van der Waals surface area contributed by atoms with Crippen LogP contribution in [-0.4, -0.2) is 17.4 Å². The minimum atomic E-state index is -0.913. The summed E-state index contributed by atoms with van der Waals surface area (Å²) in [5.41, 5.74) is -0.770. The SMILES string of the molecule is O=C(COc1cccc([N+](=O)[O-])c1)Nc1c(F)cccc1F. The lowest BCUT2D eigenvalue weighted by atomic mass is 10.3. The molecule has 1 amide bonds. The van der Waals surface area contributed by atoms with Crippen molar-refractivity contribution >= 4 is 17.3 Å². The van der Waals surface area contributed by atoms with Crippen LogP contribution in [0.1, 0.15) is 0 Å². The number of amides is 1. The van der Waals surface area contributed by atoms with Crippen molar-refractivity contribution in [1.29, 1.82) is 0 Å². The minimum absolute atomic E-state index is 0.0957. The van der Waals surface area contributed by atoms with Gasteiger partial charge in [-0.15, -0.1) is 0 Å². The smallest absolute Gasteiger partial charge is 0.273 e. The number of halogens is 2. The molecule has 0 saturated carbocycles. The summed E-state index contributed by atoms with van der Waals surface area (Å²) in [6.45, 7) is -0.547. The molecule has 0 fully saturated rings. The molecule has 0 atom stereocenters. The number of benzene rings is 2. The monoisotopic (exact) mass is 308 g/mol. The number of nitro benzene ring substituents is 1. The molecule has 0 heterocycles. The highest BCUT2D eigenvalue weighted by Crippen LogP contribution is 2.20. The number of hydrogen-bond acceptors (Lipinski definition) is 4. The summed E-state index contributed by atoms with van der Waals surface area (Å²) in [6, 6.07) is 8.38. The first-order valence-corrected chi connectivity index (χ1v) is 6.08. The van der Waals surface area contributed by atoms with Crippen LogP contribution >= 0.6 is 0 Å². The zero-order valence-electron chi connectivity index (χ0n) is 11.1. The van der Waals surface area contributed by atoms with Gasteiger partial charge in [0, 0.05) is 6.07 Å². The minimum Gasteiger partial charge on any atom is -0.484 e. The van der Waals surface area contributed by atoms with E-state index in [-0.39, 0.29) is 11.4 Å². The second-order valence-electron chi connectivity index (χ2n) is 4.19. The normalized spacial score (nSPS) is 10.1. The maximum absolute atomic E-state index is 13.3. The zero-order valence-corrected chi connectivity index (χ0v) is 11.1. The van der Waals surface area contributed by atoms with Crippen LogP contribution in [0.5, 0.6) is 5.75 Å². The van der Waals surface area contributed by atoms with Crippen LogP contribution < -0.4 is 10.1 Å². The molecular weight excluding hydrogens is 298 g/mol. The number of carbonyl (C=O) groups excluding carboxylic acids is 1. The Kier molecular flexibility index (Phi) is 4.62. The molecule has 0 radical (unpaired) electrons. The number of non-ortho nitro benzene ring substituents is 1. The molecule has 0 aliphatic heterocycles. The van der Waals surface area contributed by atoms with Crippen molar-refractivity contribution in [3.63, 3.8) is 0 Å². The van der Waals surface area contributed by atoms with Crippen molar-refractivity contribution in [3.8, 4) is 5.75 Å². The lowest BCUT2D eigenvalue weighted by Crippen LogP contribution is -2.21. The quantitative estimate of drug-likeness (QED) is 0.680. The van der Waals surface area contributed by atoms with Gasteiger partial charge in [0.25, 0.3) is 11.6 Å². The van der Waals surface area contributed by atoms with Gasteiger partial charge in [0.15, 0.2) is 6.61 Å². The fourth-order valence-electron chi connectivity index (χ4n) is 1.63. The molecule has 0 bridgehead atoms. The fraction of sp³-hybridized carbons (Fsp3) is 0.0714. The van der Waals surface area contributed by atoms with E-state index in [2.05, 4.69) is 0 Å². The van der Waals surface area contributed by atoms with Gasteiger partial charge >= 0.3 is 0 Å². The summed E-state index contributed by atoms with van der Waals surface area (Å²) in [5.74, 6) is -2.53. The molecule has 2 rings (SSSR count). The molecule has 6 nitrogen and oxygen atoms in total. The van der Waals surface area contributed by atoms with E-state index in [1.165, 1.54) is 24.3 Å². The molecule has 0 unspecified atom stereocenters. The highest BCUT2D eigenvalue weighted by molar-refractivity contribution is 5.92. The number of rotatable bonds is 5. The lowest BCUT2D eigenvalue weighted by molar-refractivity contribution is -0.384. The van der Waals surface area contributed by atoms with Crippen molar-refractivity contribution in [3.05, 3.63) is 64.2 Å². The Balaban J connectivity index is 1.99. The number of para-hydroxylation sites is 1. The molecule has 114 valence electrons. The molecule has 0 aliphatic rings. The predicted molar refractivity (Wildman–Crippen MR) is 73.6 cm³/mol. The van der Waals surface area contributed by atoms with Gasteiger partial charge in [-0.2, -0.15) is 0 Å². The van der Waals surface area contributed by atoms with E-state index in [1.807, 2.05) is 5.32 Å². The first kappa shape index (κ1) is 15.4. The van der Waals surface area contributed by atoms with Crippen LogP contribution in [0.25, 0.3) is 0 Å². The molecule has 0 aliphatic carbocycles. The Bertz CT molecular complexity index is 701. The third kappa shape index (κ3) is 3.75. The summed E-state index contributed by atoms with van der Waals surface area (Å²) in [7, 11) is 0. The van der Waals surface area contributed by atoms with Crippen LogP contribution in [-0.2, 0) is 4.79 Å². The average Bonchev–Trinajstić information content (AvgIpc) is 2.49. The van der Waals surface area contributed by atoms with Crippen LogP contribution in [0.15, 0.2) is 42.5 Å². The Morgan fingerprint density at radius 2 is 1.82 bits per heavy atom. The molecule has 0 aromatic heterocycles. The highest BCUT2D eigenvalue weighted by Gasteiger charge is 2.13. The lowest BCUT2D eigenvalue weighted by Gasteiger charge is -2.08. The number of ether oxygens (including phenoxy) is 1. The van der Waals surface area contributed by atoms with E-state index < -0.39 is 34.8 Å². The zero-order chi connectivity index (χ0) is 16.1. The third-order valence-corrected chi connectivity index (χ3v) is 2.63. The van der Waals surface area contributed by atoms with E-state index in [0.29, 0.717) is 0 Å². The van der Waals surface area contributed by atoms with Crippen LogP contribution in [0.4, 0.5) is 20.2 Å². The number of nitrogens with zero attached hydrogens (tertiary/aromatic N) is 1. The summed E-state index contributed by atoms with van der Waals surface area (Å²) in [4.78, 5) is 21.6. The van der Waals surface area contributed by atoms with Gasteiger partial charge in [-0.1, -0.05) is 12.1 Å². The first-order chi connectivity index (χ1) is 10.5. The largest absolute Gasteiger partial charge is 0.484 e. The molecule has 22 heavy (non-hydrogen) atoms. The van der Waals surface area contributed by atoms with Crippen molar-refractivity contribution < 1.29 is 23.2 Å². The molecule has 0 spiro atoms. The molecule has 2 aromatic carbocycles. The fourth-order valence-corrected chi connectivity index (χ4v) is 1.63. The topological polar surface area (TPSA) is 81.5 Å². The van der Waals surface area contributed by atoms with E-state index in [9.17, 15) is 23.7 Å². The number of anilines is 1. The first-order valence-electron chi connectivity index (χ1n) is 6.08. The second-order valence-corrected chi connectivity index (χ2v) is 4.19. The van der Waals surface area contributed by atoms with E-state index >= 15 is 0 Å². The molecule has 8 heteroatoms. The molecular formula is C14H10F2N2O4. The average molecular weight is 308 g/mol. The number of nitro groups is 1. The highest BCUT2D eigenvalue weighted by atomic mass is 19.1. The Hall–Kier alpha value is -3.03. The van der Waals surface area contributed by atoms with Gasteiger partial charge in [0.2, 0.25) is 0 Å². The van der Waals surface area contributed by atoms with Crippen molar-refractivity contribution in [2.24, 2.45) is 0 Å². The summed E-state index contributed by atoms with van der Waals surface area (Å²) < 4.78 is 31.7. The Morgan fingerprint density at radius 1 is 1.18 bits per heavy atom. The van der Waals surface area contributed by atoms with Crippen LogP contribution in [0.2, 0.25) is 0 Å². The van der Waals surface area contributed by atoms with Crippen LogP contribution in [0, 0.1) is 21.7 Å². The van der Waals surface area contributed by atoms with E-state index in [0.717, 1.165) is 18.2 Å². The van der Waals surface area contributed by atoms with Crippen molar-refractivity contribution in [1.82, 2.24) is 0 Å². The number of hydrogen-bond donors (Lipinski definition) is 1. The number of carbonyl (C=O) groups is 1. The molecule has 1 N–H and O–H groups in total. The van der Waals surface area contributed by atoms with Gasteiger partial charge in [0.1, 0.15) is 23.1 Å². The molecule has 0 saturated heterocycles. The Morgan fingerprint density at radius 3 is 2.45 bits per heavy atom. The van der Waals surface area contributed by atoms with E-state index in [4.69, 9.17) is 4.74 Å². The standard InChI is InChI=1S/C14H10F2N2O4/c15-11-5-2-6-12(16)14(11)17-13(19)8-22-10-4-1-3-9(7-10)18(20)21/h1-7H,8H2,(H,17,19). The van der Waals surface area contributed by atoms with Gasteiger partial charge in [0.05, 0.1) is 11.0 Å². The van der Waals surface area contributed by atoms with Gasteiger partial charge in [-0.25, -0.2) is 8.78 Å². The summed E-state index contributed by atoms with van der Waals surface area (Å²) in [5, 5.41) is 12.6. The molecule has 2 aromatic rings. The van der Waals surface area contributed by atoms with Gasteiger partial charge < -0.3 is 10.1 Å².